The van der Waals surface area contributed by atoms with Crippen molar-refractivity contribution >= 4 is 18.7 Å². The van der Waals surface area contributed by atoms with Gasteiger partial charge < -0.3 is 0 Å². The molecule has 0 N–H and O–H groups in total. The molecule has 2 aromatic rings. The van der Waals surface area contributed by atoms with E-state index >= 15 is 0 Å². The normalized spacial score (nSPS) is 18.5. The molecule has 0 bridgehead atoms. The van der Waals surface area contributed by atoms with Crippen molar-refractivity contribution in [2.45, 2.75) is 12.3 Å². The van der Waals surface area contributed by atoms with Crippen LogP contribution in [0.2, 0.25) is 0 Å². The first kappa shape index (κ1) is 13.1. The number of fused-ring (bicyclic) bond motifs is 2. The SMILES string of the molecule is C=C1C=Cc2ccccc2C1c1c2c(ccc1=C)=CC=CC2. The zero-order valence-corrected chi connectivity index (χ0v) is 12.5. The van der Waals surface area contributed by atoms with Crippen molar-refractivity contribution in [3.8, 4) is 0 Å². The zero-order chi connectivity index (χ0) is 15.1. The summed E-state index contributed by atoms with van der Waals surface area (Å²) in [5, 5.41) is 2.42. The van der Waals surface area contributed by atoms with E-state index in [-0.39, 0.29) is 5.92 Å². The van der Waals surface area contributed by atoms with Gasteiger partial charge >= 0.3 is 0 Å². The van der Waals surface area contributed by atoms with Crippen LogP contribution in [0.1, 0.15) is 28.2 Å². The summed E-state index contributed by atoms with van der Waals surface area (Å²) in [6.45, 7) is 8.63. The molecule has 0 saturated carbocycles. The van der Waals surface area contributed by atoms with E-state index < -0.39 is 0 Å². The summed E-state index contributed by atoms with van der Waals surface area (Å²) < 4.78 is 0. The van der Waals surface area contributed by atoms with Gasteiger partial charge in [-0.25, -0.2) is 0 Å². The summed E-state index contributed by atoms with van der Waals surface area (Å²) >= 11 is 0. The molecule has 2 aliphatic carbocycles. The van der Waals surface area contributed by atoms with Gasteiger partial charge in [-0.15, -0.1) is 0 Å². The van der Waals surface area contributed by atoms with Crippen molar-refractivity contribution in [3.63, 3.8) is 0 Å². The molecule has 0 fully saturated rings. The Bertz CT molecular complexity index is 938. The molecule has 4 rings (SSSR count). The standard InChI is InChI=1S/C22H18/c1-15-11-13-17-7-3-5-9-19(17)21(15)22-16(2)12-14-18-8-4-6-10-20(18)22/h3-9,11-14,21H,1-2,10H2. The second kappa shape index (κ2) is 4.99. The summed E-state index contributed by atoms with van der Waals surface area (Å²) in [6, 6.07) is 12.9. The first-order chi connectivity index (χ1) is 10.8. The van der Waals surface area contributed by atoms with Gasteiger partial charge in [-0.05, 0) is 44.7 Å². The van der Waals surface area contributed by atoms with E-state index in [2.05, 4.69) is 79.9 Å². The molecule has 0 nitrogen and oxygen atoms in total. The molecule has 0 radical (unpaired) electrons. The molecule has 22 heavy (non-hydrogen) atoms. The second-order valence-corrected chi connectivity index (χ2v) is 5.98. The van der Waals surface area contributed by atoms with Gasteiger partial charge in [0.1, 0.15) is 0 Å². The Morgan fingerprint density at radius 3 is 2.73 bits per heavy atom. The highest BCUT2D eigenvalue weighted by Crippen LogP contribution is 2.37. The van der Waals surface area contributed by atoms with Crippen molar-refractivity contribution in [1.82, 2.24) is 0 Å². The molecule has 0 aliphatic heterocycles. The number of hydrogen-bond acceptors (Lipinski definition) is 0. The average molecular weight is 282 g/mol. The molecule has 0 spiro atoms. The third kappa shape index (κ3) is 1.92. The predicted octanol–water partition coefficient (Wildman–Crippen LogP) is 3.70. The maximum Gasteiger partial charge on any atom is 0.0348 e. The summed E-state index contributed by atoms with van der Waals surface area (Å²) in [7, 11) is 0. The van der Waals surface area contributed by atoms with Gasteiger partial charge in [0.05, 0.1) is 0 Å². The molecule has 1 atom stereocenters. The average Bonchev–Trinajstić information content (AvgIpc) is 2.56. The Hall–Kier alpha value is -2.60. The van der Waals surface area contributed by atoms with E-state index in [1.165, 1.54) is 27.5 Å². The van der Waals surface area contributed by atoms with Crippen LogP contribution >= 0.6 is 0 Å². The molecule has 2 aliphatic rings. The molecule has 0 amide bonds. The fourth-order valence-electron chi connectivity index (χ4n) is 3.59. The minimum Gasteiger partial charge on any atom is -0.0949 e. The zero-order valence-electron chi connectivity index (χ0n) is 12.5. The van der Waals surface area contributed by atoms with E-state index in [4.69, 9.17) is 0 Å². The van der Waals surface area contributed by atoms with Crippen LogP contribution in [0.15, 0.2) is 66.8 Å². The van der Waals surface area contributed by atoms with Crippen LogP contribution in [0.3, 0.4) is 0 Å². The maximum absolute atomic E-state index is 4.32. The fourth-order valence-corrected chi connectivity index (χ4v) is 3.59. The Kier molecular flexibility index (Phi) is 2.97. The fraction of sp³-hybridized carbons (Fsp3) is 0.0909. The lowest BCUT2D eigenvalue weighted by molar-refractivity contribution is 0.929. The molecular weight excluding hydrogens is 264 g/mol. The van der Waals surface area contributed by atoms with Gasteiger partial charge in [0, 0.05) is 5.92 Å². The van der Waals surface area contributed by atoms with Crippen LogP contribution in [-0.2, 0) is 6.42 Å². The van der Waals surface area contributed by atoms with Crippen LogP contribution < -0.4 is 10.4 Å². The molecule has 0 aromatic heterocycles. The largest absolute Gasteiger partial charge is 0.0949 e. The summed E-state index contributed by atoms with van der Waals surface area (Å²) in [5.41, 5.74) is 6.49. The minimum absolute atomic E-state index is 0.212. The summed E-state index contributed by atoms with van der Waals surface area (Å²) in [6.07, 6.45) is 11.8. The Morgan fingerprint density at radius 1 is 0.955 bits per heavy atom. The van der Waals surface area contributed by atoms with Gasteiger partial charge in [0.2, 0.25) is 0 Å². The van der Waals surface area contributed by atoms with Crippen LogP contribution in [0.25, 0.3) is 18.7 Å². The predicted molar refractivity (Wildman–Crippen MR) is 95.0 cm³/mol. The monoisotopic (exact) mass is 282 g/mol. The molecule has 1 unspecified atom stereocenters. The van der Waals surface area contributed by atoms with Crippen LogP contribution in [0.4, 0.5) is 0 Å². The van der Waals surface area contributed by atoms with E-state index in [1.807, 2.05) is 0 Å². The molecule has 106 valence electrons. The molecule has 0 heteroatoms. The second-order valence-electron chi connectivity index (χ2n) is 5.98. The highest BCUT2D eigenvalue weighted by Gasteiger charge is 2.24. The lowest BCUT2D eigenvalue weighted by Gasteiger charge is -2.27. The highest BCUT2D eigenvalue weighted by molar-refractivity contribution is 5.67. The molecule has 0 heterocycles. The van der Waals surface area contributed by atoms with Gasteiger partial charge in [0.15, 0.2) is 0 Å². The first-order valence-electron chi connectivity index (χ1n) is 7.69. The van der Waals surface area contributed by atoms with Gasteiger partial charge in [-0.3, -0.25) is 0 Å². The Balaban J connectivity index is 2.03. The topological polar surface area (TPSA) is 0 Å². The number of hydrogen-bond donors (Lipinski definition) is 0. The first-order valence-corrected chi connectivity index (χ1v) is 7.69. The van der Waals surface area contributed by atoms with E-state index in [0.717, 1.165) is 17.2 Å². The third-order valence-corrected chi connectivity index (χ3v) is 4.66. The lowest BCUT2D eigenvalue weighted by Crippen LogP contribution is -2.26. The van der Waals surface area contributed by atoms with Crippen molar-refractivity contribution in [1.29, 1.82) is 0 Å². The van der Waals surface area contributed by atoms with Crippen LogP contribution in [0, 0.1) is 0 Å². The summed E-state index contributed by atoms with van der Waals surface area (Å²) in [4.78, 5) is 0. The lowest BCUT2D eigenvalue weighted by atomic mass is 9.76. The van der Waals surface area contributed by atoms with Gasteiger partial charge in [-0.1, -0.05) is 79.9 Å². The number of benzene rings is 2. The van der Waals surface area contributed by atoms with E-state index in [0.29, 0.717) is 0 Å². The van der Waals surface area contributed by atoms with Crippen molar-refractivity contribution < 1.29 is 0 Å². The van der Waals surface area contributed by atoms with Crippen molar-refractivity contribution in [2.24, 2.45) is 0 Å². The van der Waals surface area contributed by atoms with Gasteiger partial charge in [-0.2, -0.15) is 0 Å². The van der Waals surface area contributed by atoms with Crippen LogP contribution in [-0.4, -0.2) is 0 Å². The molecular formula is C22H18. The van der Waals surface area contributed by atoms with E-state index in [1.54, 1.807) is 0 Å². The molecule has 0 saturated heterocycles. The smallest absolute Gasteiger partial charge is 0.0348 e. The minimum atomic E-state index is 0.212. The third-order valence-electron chi connectivity index (χ3n) is 4.66. The van der Waals surface area contributed by atoms with Gasteiger partial charge in [0.25, 0.3) is 0 Å². The maximum atomic E-state index is 4.32. The summed E-state index contributed by atoms with van der Waals surface area (Å²) in [5.74, 6) is 0.212. The number of rotatable bonds is 1. The Labute approximate surface area is 131 Å². The quantitative estimate of drug-likeness (QED) is 0.748. The van der Waals surface area contributed by atoms with Crippen LogP contribution in [0.5, 0.6) is 0 Å². The molecule has 2 aromatic carbocycles. The van der Waals surface area contributed by atoms with E-state index in [9.17, 15) is 0 Å². The Morgan fingerprint density at radius 2 is 1.82 bits per heavy atom. The van der Waals surface area contributed by atoms with Crippen molar-refractivity contribution in [2.75, 3.05) is 0 Å². The highest BCUT2D eigenvalue weighted by atomic mass is 14.3. The number of allylic oxidation sites excluding steroid dienone is 4. The van der Waals surface area contributed by atoms with Crippen molar-refractivity contribution in [3.05, 3.63) is 99.5 Å².